The largest absolute Gasteiger partial charge is 0.481 e. The van der Waals surface area contributed by atoms with E-state index in [0.29, 0.717) is 28.6 Å². The van der Waals surface area contributed by atoms with E-state index in [-0.39, 0.29) is 28.0 Å². The Morgan fingerprint density at radius 3 is 2.50 bits per heavy atom. The minimum Gasteiger partial charge on any atom is -0.481 e. The molecule has 1 aromatic heterocycles. The third-order valence-electron chi connectivity index (χ3n) is 4.87. The highest BCUT2D eigenvalue weighted by Crippen LogP contribution is 2.35. The zero-order valence-electron chi connectivity index (χ0n) is 18.1. The Morgan fingerprint density at radius 2 is 1.88 bits per heavy atom. The lowest BCUT2D eigenvalue weighted by molar-refractivity contribution is 0.102. The van der Waals surface area contributed by atoms with Crippen LogP contribution < -0.4 is 15.4 Å². The normalized spacial score (nSPS) is 10.6. The molecule has 0 aliphatic heterocycles. The SMILES string of the molecule is [C-]#[N+]c1cc(C(=O)Nc2ccc(OC)nc2C)c(Nc2ccc(F)cc2C(C)C)cc1Cl. The van der Waals surface area contributed by atoms with Gasteiger partial charge in [0, 0.05) is 16.8 Å². The molecule has 2 N–H and O–H groups in total. The van der Waals surface area contributed by atoms with Gasteiger partial charge < -0.3 is 15.4 Å². The van der Waals surface area contributed by atoms with Gasteiger partial charge in [-0.3, -0.25) is 4.79 Å². The summed E-state index contributed by atoms with van der Waals surface area (Å²) in [5, 5.41) is 6.21. The number of benzene rings is 2. The summed E-state index contributed by atoms with van der Waals surface area (Å²) < 4.78 is 18.9. The summed E-state index contributed by atoms with van der Waals surface area (Å²) in [6.07, 6.45) is 0. The maximum absolute atomic E-state index is 13.8. The van der Waals surface area contributed by atoms with Crippen LogP contribution in [0.3, 0.4) is 0 Å². The number of carbonyl (C=O) groups is 1. The number of amides is 1. The summed E-state index contributed by atoms with van der Waals surface area (Å²) in [5.74, 6) is -0.322. The van der Waals surface area contributed by atoms with Gasteiger partial charge >= 0.3 is 0 Å². The van der Waals surface area contributed by atoms with Crippen LogP contribution in [0, 0.1) is 19.3 Å². The van der Waals surface area contributed by atoms with Gasteiger partial charge in [-0.15, -0.1) is 0 Å². The van der Waals surface area contributed by atoms with Crippen LogP contribution in [-0.2, 0) is 0 Å². The Bertz CT molecular complexity index is 1220. The van der Waals surface area contributed by atoms with Crippen LogP contribution in [0.2, 0.25) is 5.02 Å². The Labute approximate surface area is 191 Å². The van der Waals surface area contributed by atoms with Crippen LogP contribution in [0.5, 0.6) is 5.88 Å². The summed E-state index contributed by atoms with van der Waals surface area (Å²) in [5.41, 5.74) is 3.23. The second-order valence-electron chi connectivity index (χ2n) is 7.41. The van der Waals surface area contributed by atoms with E-state index in [2.05, 4.69) is 20.5 Å². The maximum atomic E-state index is 13.8. The van der Waals surface area contributed by atoms with E-state index < -0.39 is 5.91 Å². The van der Waals surface area contributed by atoms with Crippen molar-refractivity contribution in [1.29, 1.82) is 0 Å². The molecule has 164 valence electrons. The predicted octanol–water partition coefficient (Wildman–Crippen LogP) is 6.86. The molecule has 0 saturated heterocycles. The first-order chi connectivity index (χ1) is 15.2. The third kappa shape index (κ3) is 4.98. The van der Waals surface area contributed by atoms with Crippen LogP contribution in [0.15, 0.2) is 42.5 Å². The molecule has 0 saturated carbocycles. The first-order valence-corrected chi connectivity index (χ1v) is 10.2. The standard InChI is InChI=1S/C24H22ClFN4O2/c1-13(2)16-10-15(26)6-7-20(16)29-21-12-18(25)22(27-4)11-17(21)24(31)30-19-8-9-23(32-5)28-14(19)3/h6-13,29H,1-3,5H3,(H,30,31). The Morgan fingerprint density at radius 1 is 1.16 bits per heavy atom. The molecule has 0 radical (unpaired) electrons. The molecule has 32 heavy (non-hydrogen) atoms. The lowest BCUT2D eigenvalue weighted by Gasteiger charge is -2.18. The number of aromatic nitrogens is 1. The van der Waals surface area contributed by atoms with Crippen molar-refractivity contribution < 1.29 is 13.9 Å². The van der Waals surface area contributed by atoms with E-state index >= 15 is 0 Å². The molecule has 2 aromatic carbocycles. The summed E-state index contributed by atoms with van der Waals surface area (Å²) in [6.45, 7) is 13.0. The highest BCUT2D eigenvalue weighted by molar-refractivity contribution is 6.34. The summed E-state index contributed by atoms with van der Waals surface area (Å²) in [7, 11) is 1.51. The number of halogens is 2. The molecule has 0 fully saturated rings. The van der Waals surface area contributed by atoms with Crippen molar-refractivity contribution in [3.8, 4) is 5.88 Å². The first-order valence-electron chi connectivity index (χ1n) is 9.84. The number of nitrogens with one attached hydrogen (secondary N) is 2. The molecule has 0 atom stereocenters. The van der Waals surface area contributed by atoms with Crippen molar-refractivity contribution >= 4 is 40.3 Å². The van der Waals surface area contributed by atoms with Gasteiger partial charge in [0.1, 0.15) is 5.82 Å². The van der Waals surface area contributed by atoms with Gasteiger partial charge in [0.05, 0.1) is 36.3 Å². The van der Waals surface area contributed by atoms with Crippen molar-refractivity contribution in [3.05, 3.63) is 81.5 Å². The van der Waals surface area contributed by atoms with Gasteiger partial charge in [-0.1, -0.05) is 25.4 Å². The molecule has 6 nitrogen and oxygen atoms in total. The minimum atomic E-state index is -0.447. The molecule has 0 unspecified atom stereocenters. The quantitative estimate of drug-likeness (QED) is 0.401. The van der Waals surface area contributed by atoms with Gasteiger partial charge in [0.2, 0.25) is 11.6 Å². The number of pyridine rings is 1. The van der Waals surface area contributed by atoms with E-state index in [1.165, 1.54) is 31.4 Å². The molecular formula is C24H22ClFN4O2. The zero-order valence-corrected chi connectivity index (χ0v) is 18.8. The third-order valence-corrected chi connectivity index (χ3v) is 5.18. The number of carbonyl (C=O) groups excluding carboxylic acids is 1. The van der Waals surface area contributed by atoms with E-state index in [9.17, 15) is 9.18 Å². The smallest absolute Gasteiger partial charge is 0.256 e. The van der Waals surface area contributed by atoms with Gasteiger partial charge in [-0.25, -0.2) is 14.2 Å². The van der Waals surface area contributed by atoms with Gasteiger partial charge in [-0.05, 0) is 54.8 Å². The van der Waals surface area contributed by atoms with Crippen molar-refractivity contribution in [1.82, 2.24) is 4.98 Å². The Balaban J connectivity index is 2.03. The van der Waals surface area contributed by atoms with E-state index in [1.807, 2.05) is 13.8 Å². The lowest BCUT2D eigenvalue weighted by Crippen LogP contribution is -2.15. The van der Waals surface area contributed by atoms with Crippen LogP contribution in [0.25, 0.3) is 4.85 Å². The van der Waals surface area contributed by atoms with Crippen molar-refractivity contribution in [3.63, 3.8) is 0 Å². The van der Waals surface area contributed by atoms with Gasteiger partial charge in [0.15, 0.2) is 0 Å². The predicted molar refractivity (Wildman–Crippen MR) is 125 cm³/mol. The number of ether oxygens (including phenoxy) is 1. The molecule has 0 bridgehead atoms. The molecule has 0 aliphatic carbocycles. The number of anilines is 3. The molecule has 0 spiro atoms. The fourth-order valence-corrected chi connectivity index (χ4v) is 3.39. The molecule has 3 aromatic rings. The van der Waals surface area contributed by atoms with Crippen LogP contribution in [0.1, 0.15) is 41.4 Å². The summed E-state index contributed by atoms with van der Waals surface area (Å²) in [6, 6.07) is 10.7. The van der Waals surface area contributed by atoms with E-state index in [0.717, 1.165) is 5.56 Å². The van der Waals surface area contributed by atoms with Gasteiger partial charge in [0.25, 0.3) is 5.91 Å². The molecule has 1 amide bonds. The monoisotopic (exact) mass is 452 g/mol. The highest BCUT2D eigenvalue weighted by atomic mass is 35.5. The highest BCUT2D eigenvalue weighted by Gasteiger charge is 2.18. The maximum Gasteiger partial charge on any atom is 0.256 e. The number of hydrogen-bond acceptors (Lipinski definition) is 4. The average molecular weight is 453 g/mol. The number of rotatable bonds is 6. The molecule has 8 heteroatoms. The summed E-state index contributed by atoms with van der Waals surface area (Å²) in [4.78, 5) is 20.8. The Kier molecular flexibility index (Phi) is 6.96. The number of nitrogens with zero attached hydrogens (tertiary/aromatic N) is 2. The molecule has 3 rings (SSSR count). The minimum absolute atomic E-state index is 0.0384. The topological polar surface area (TPSA) is 67.6 Å². The van der Waals surface area contributed by atoms with Crippen LogP contribution >= 0.6 is 11.6 Å². The number of aryl methyl sites for hydroxylation is 1. The fourth-order valence-electron chi connectivity index (χ4n) is 3.18. The van der Waals surface area contributed by atoms with E-state index in [1.54, 1.807) is 25.1 Å². The second-order valence-corrected chi connectivity index (χ2v) is 7.82. The summed E-state index contributed by atoms with van der Waals surface area (Å²) >= 11 is 6.25. The molecular weight excluding hydrogens is 431 g/mol. The van der Waals surface area contributed by atoms with E-state index in [4.69, 9.17) is 22.9 Å². The number of methoxy groups -OCH3 is 1. The van der Waals surface area contributed by atoms with Crippen molar-refractivity contribution in [2.24, 2.45) is 0 Å². The number of hydrogen-bond donors (Lipinski definition) is 2. The van der Waals surface area contributed by atoms with Crippen molar-refractivity contribution in [2.75, 3.05) is 17.7 Å². The Hall–Kier alpha value is -3.63. The molecule has 0 aliphatic rings. The lowest BCUT2D eigenvalue weighted by atomic mass is 10.0. The van der Waals surface area contributed by atoms with Crippen LogP contribution in [-0.4, -0.2) is 18.0 Å². The fraction of sp³-hybridized carbons (Fsp3) is 0.208. The van der Waals surface area contributed by atoms with Gasteiger partial charge in [-0.2, -0.15) is 0 Å². The first kappa shape index (κ1) is 23.0. The second kappa shape index (κ2) is 9.67. The molecule has 1 heterocycles. The van der Waals surface area contributed by atoms with Crippen molar-refractivity contribution in [2.45, 2.75) is 26.7 Å². The zero-order chi connectivity index (χ0) is 23.4. The van der Waals surface area contributed by atoms with Crippen LogP contribution in [0.4, 0.5) is 27.1 Å². The average Bonchev–Trinajstić information content (AvgIpc) is 2.76.